The zero-order valence-corrected chi connectivity index (χ0v) is 14.5. The van der Waals surface area contributed by atoms with Gasteiger partial charge in [-0.15, -0.1) is 0 Å². The molecule has 0 unspecified atom stereocenters. The number of halogens is 1. The number of hydrogen-bond acceptors (Lipinski definition) is 5. The largest absolute Gasteiger partial charge is 0.402 e. The summed E-state index contributed by atoms with van der Waals surface area (Å²) in [4.78, 5) is 26.9. The van der Waals surface area contributed by atoms with Crippen molar-refractivity contribution in [3.8, 4) is 0 Å². The Hall–Kier alpha value is -3.51. The molecule has 0 aliphatic carbocycles. The summed E-state index contributed by atoms with van der Waals surface area (Å²) in [5.74, 6) is -0.694. The number of carbonyl (C=O) groups is 1. The molecule has 0 atom stereocenters. The molecule has 1 heterocycles. The van der Waals surface area contributed by atoms with E-state index in [-0.39, 0.29) is 27.9 Å². The molecule has 3 aromatic carbocycles. The van der Waals surface area contributed by atoms with Crippen molar-refractivity contribution in [3.05, 3.63) is 92.6 Å². The summed E-state index contributed by atoms with van der Waals surface area (Å²) in [7, 11) is 0. The Morgan fingerprint density at radius 1 is 1.07 bits per heavy atom. The Labute approximate surface area is 158 Å². The van der Waals surface area contributed by atoms with Gasteiger partial charge in [0.2, 0.25) is 5.90 Å². The predicted octanol–water partition coefficient (Wildman–Crippen LogP) is 4.75. The van der Waals surface area contributed by atoms with Gasteiger partial charge in [-0.2, -0.15) is 0 Å². The lowest BCUT2D eigenvalue weighted by molar-refractivity contribution is -0.384. The molecule has 0 saturated heterocycles. The van der Waals surface area contributed by atoms with Crippen LogP contribution in [0.15, 0.2) is 71.4 Å². The molecule has 0 saturated carbocycles. The van der Waals surface area contributed by atoms with Crippen LogP contribution in [0.4, 0.5) is 5.69 Å². The van der Waals surface area contributed by atoms with Crippen molar-refractivity contribution in [2.75, 3.05) is 0 Å². The van der Waals surface area contributed by atoms with Crippen molar-refractivity contribution in [2.45, 2.75) is 0 Å². The van der Waals surface area contributed by atoms with Crippen LogP contribution in [-0.4, -0.2) is 16.8 Å². The fourth-order valence-electron chi connectivity index (χ4n) is 2.84. The smallest absolute Gasteiger partial charge is 0.363 e. The lowest BCUT2D eigenvalue weighted by Crippen LogP contribution is -2.06. The van der Waals surface area contributed by atoms with Crippen LogP contribution in [0.3, 0.4) is 0 Å². The topological polar surface area (TPSA) is 81.8 Å². The lowest BCUT2D eigenvalue weighted by Gasteiger charge is -2.02. The quantitative estimate of drug-likeness (QED) is 0.285. The van der Waals surface area contributed by atoms with E-state index in [0.29, 0.717) is 0 Å². The summed E-state index contributed by atoms with van der Waals surface area (Å²) < 4.78 is 5.20. The maximum absolute atomic E-state index is 12.2. The Bertz CT molecular complexity index is 1160. The summed E-state index contributed by atoms with van der Waals surface area (Å²) in [5.41, 5.74) is 0.944. The van der Waals surface area contributed by atoms with Crippen LogP contribution in [0.1, 0.15) is 11.1 Å². The van der Waals surface area contributed by atoms with E-state index < -0.39 is 10.9 Å². The molecule has 7 heteroatoms. The fraction of sp³-hybridized carbons (Fsp3) is 0. The monoisotopic (exact) mass is 378 g/mol. The van der Waals surface area contributed by atoms with Gasteiger partial charge < -0.3 is 4.74 Å². The molecule has 132 valence electrons. The first-order chi connectivity index (χ1) is 13.0. The first kappa shape index (κ1) is 16.9. The predicted molar refractivity (Wildman–Crippen MR) is 103 cm³/mol. The number of hydrogen-bond donors (Lipinski definition) is 0. The minimum atomic E-state index is -0.638. The number of non-ortho nitro benzene ring substituents is 1. The third-order valence-electron chi connectivity index (χ3n) is 4.13. The van der Waals surface area contributed by atoms with E-state index in [9.17, 15) is 14.9 Å². The van der Waals surface area contributed by atoms with Crippen LogP contribution in [0.5, 0.6) is 0 Å². The van der Waals surface area contributed by atoms with Crippen molar-refractivity contribution < 1.29 is 14.5 Å². The van der Waals surface area contributed by atoms with Crippen LogP contribution in [0.2, 0.25) is 5.02 Å². The Morgan fingerprint density at radius 3 is 2.67 bits per heavy atom. The second kappa shape index (κ2) is 6.66. The van der Waals surface area contributed by atoms with Gasteiger partial charge in [-0.25, -0.2) is 9.79 Å². The number of nitro benzene ring substituents is 1. The zero-order valence-electron chi connectivity index (χ0n) is 13.8. The summed E-state index contributed by atoms with van der Waals surface area (Å²) in [5, 5.41) is 13.2. The van der Waals surface area contributed by atoms with Gasteiger partial charge in [-0.05, 0) is 28.5 Å². The van der Waals surface area contributed by atoms with Gasteiger partial charge in [-0.1, -0.05) is 54.1 Å². The molecule has 1 aliphatic heterocycles. The second-order valence-corrected chi connectivity index (χ2v) is 6.23. The fourth-order valence-corrected chi connectivity index (χ4v) is 3.04. The van der Waals surface area contributed by atoms with Gasteiger partial charge in [0.05, 0.1) is 15.5 Å². The van der Waals surface area contributed by atoms with E-state index in [2.05, 4.69) is 4.99 Å². The second-order valence-electron chi connectivity index (χ2n) is 5.83. The number of cyclic esters (lactones) is 1. The highest BCUT2D eigenvalue weighted by Crippen LogP contribution is 2.28. The van der Waals surface area contributed by atoms with Crippen molar-refractivity contribution in [1.82, 2.24) is 0 Å². The summed E-state index contributed by atoms with van der Waals surface area (Å²) in [6, 6.07) is 17.4. The van der Waals surface area contributed by atoms with Crippen LogP contribution >= 0.6 is 11.6 Å². The molecule has 0 amide bonds. The van der Waals surface area contributed by atoms with Gasteiger partial charge in [0.25, 0.3) is 5.69 Å². The number of benzene rings is 3. The zero-order chi connectivity index (χ0) is 19.0. The van der Waals surface area contributed by atoms with Gasteiger partial charge in [0.15, 0.2) is 5.70 Å². The number of nitrogens with zero attached hydrogens (tertiary/aromatic N) is 2. The Morgan fingerprint density at radius 2 is 1.85 bits per heavy atom. The SMILES string of the molecule is O=C1OC(c2cc([N+](=O)[O-])ccc2Cl)=N/C1=C/c1cccc2ccccc12. The molecule has 0 spiro atoms. The molecule has 0 fully saturated rings. The van der Waals surface area contributed by atoms with Crippen LogP contribution in [-0.2, 0) is 9.53 Å². The highest BCUT2D eigenvalue weighted by molar-refractivity contribution is 6.34. The average molecular weight is 379 g/mol. The molecule has 0 radical (unpaired) electrons. The van der Waals surface area contributed by atoms with E-state index in [1.807, 2.05) is 42.5 Å². The van der Waals surface area contributed by atoms with Crippen molar-refractivity contribution >= 4 is 46.0 Å². The molecule has 6 nitrogen and oxygen atoms in total. The van der Waals surface area contributed by atoms with E-state index >= 15 is 0 Å². The normalized spacial score (nSPS) is 15.1. The molecular weight excluding hydrogens is 368 g/mol. The van der Waals surface area contributed by atoms with E-state index in [4.69, 9.17) is 16.3 Å². The highest BCUT2D eigenvalue weighted by atomic mass is 35.5. The van der Waals surface area contributed by atoms with E-state index in [1.54, 1.807) is 6.08 Å². The van der Waals surface area contributed by atoms with Gasteiger partial charge in [0.1, 0.15) is 0 Å². The number of esters is 1. The summed E-state index contributed by atoms with van der Waals surface area (Å²) in [6.45, 7) is 0. The number of fused-ring (bicyclic) bond motifs is 1. The molecule has 27 heavy (non-hydrogen) atoms. The minimum Gasteiger partial charge on any atom is -0.402 e. The number of carbonyl (C=O) groups excluding carboxylic acids is 1. The molecule has 1 aliphatic rings. The van der Waals surface area contributed by atoms with Gasteiger partial charge in [-0.3, -0.25) is 10.1 Å². The van der Waals surface area contributed by atoms with Crippen molar-refractivity contribution in [2.24, 2.45) is 4.99 Å². The maximum atomic E-state index is 12.2. The first-order valence-corrected chi connectivity index (χ1v) is 8.35. The summed E-state index contributed by atoms with van der Waals surface area (Å²) in [6.07, 6.45) is 1.63. The average Bonchev–Trinajstić information content (AvgIpc) is 3.02. The summed E-state index contributed by atoms with van der Waals surface area (Å²) >= 11 is 6.10. The number of nitro groups is 1. The molecule has 0 aromatic heterocycles. The Balaban J connectivity index is 1.79. The first-order valence-electron chi connectivity index (χ1n) is 7.97. The molecule has 0 N–H and O–H groups in total. The van der Waals surface area contributed by atoms with Crippen molar-refractivity contribution in [1.29, 1.82) is 0 Å². The van der Waals surface area contributed by atoms with E-state index in [1.165, 1.54) is 18.2 Å². The van der Waals surface area contributed by atoms with Crippen molar-refractivity contribution in [3.63, 3.8) is 0 Å². The van der Waals surface area contributed by atoms with E-state index in [0.717, 1.165) is 16.3 Å². The minimum absolute atomic E-state index is 0.0554. The number of aliphatic imine (C=N–C) groups is 1. The van der Waals surface area contributed by atoms with Crippen LogP contribution in [0, 0.1) is 10.1 Å². The van der Waals surface area contributed by atoms with Crippen LogP contribution in [0.25, 0.3) is 16.8 Å². The standard InChI is InChI=1S/C20H11ClN2O4/c21-17-9-8-14(23(25)26)11-16(17)19-22-18(20(24)27-19)10-13-6-3-5-12-4-1-2-7-15(12)13/h1-11H/b18-10+. The highest BCUT2D eigenvalue weighted by Gasteiger charge is 2.27. The Kier molecular flexibility index (Phi) is 4.18. The third-order valence-corrected chi connectivity index (χ3v) is 4.46. The third kappa shape index (κ3) is 3.18. The lowest BCUT2D eigenvalue weighted by atomic mass is 10.0. The molecule has 0 bridgehead atoms. The maximum Gasteiger partial charge on any atom is 0.363 e. The molecule has 4 rings (SSSR count). The van der Waals surface area contributed by atoms with Gasteiger partial charge in [0, 0.05) is 12.1 Å². The van der Waals surface area contributed by atoms with Gasteiger partial charge >= 0.3 is 5.97 Å². The molecule has 3 aromatic rings. The van der Waals surface area contributed by atoms with Crippen LogP contribution < -0.4 is 0 Å². The molecular formula is C20H11ClN2O4. The number of rotatable bonds is 3. The number of ether oxygens (including phenoxy) is 1.